The second-order valence-electron chi connectivity index (χ2n) is 4.84. The number of hydrogen-bond donors (Lipinski definition) is 1. The summed E-state index contributed by atoms with van der Waals surface area (Å²) >= 11 is 0. The summed E-state index contributed by atoms with van der Waals surface area (Å²) in [7, 11) is 0. The number of fused-ring (bicyclic) bond motifs is 1. The van der Waals surface area contributed by atoms with Crippen molar-refractivity contribution < 1.29 is 0 Å². The van der Waals surface area contributed by atoms with E-state index in [1.807, 2.05) is 12.5 Å². The van der Waals surface area contributed by atoms with Crippen molar-refractivity contribution in [1.29, 1.82) is 0 Å². The minimum absolute atomic E-state index is 0.501. The Morgan fingerprint density at radius 2 is 2.28 bits per heavy atom. The van der Waals surface area contributed by atoms with E-state index in [2.05, 4.69) is 46.1 Å². The third-order valence-corrected chi connectivity index (χ3v) is 3.80. The molecule has 0 aliphatic heterocycles. The number of imidazole rings is 1. The molecule has 18 heavy (non-hydrogen) atoms. The Kier molecular flexibility index (Phi) is 3.15. The zero-order chi connectivity index (χ0) is 12.4. The molecule has 3 heteroatoms. The van der Waals surface area contributed by atoms with Crippen molar-refractivity contribution in [3.05, 3.63) is 53.6 Å². The first-order valence-electron chi connectivity index (χ1n) is 6.68. The summed E-state index contributed by atoms with van der Waals surface area (Å²) in [4.78, 5) is 4.21. The Bertz CT molecular complexity index is 530. The maximum Gasteiger partial charge on any atom is 0.0948 e. The molecule has 0 fully saturated rings. The average molecular weight is 241 g/mol. The maximum absolute atomic E-state index is 4.21. The lowest BCUT2D eigenvalue weighted by Gasteiger charge is -2.14. The number of nitrogens with zero attached hydrogens (tertiary/aromatic N) is 2. The van der Waals surface area contributed by atoms with E-state index in [4.69, 9.17) is 0 Å². The first-order valence-corrected chi connectivity index (χ1v) is 6.68. The van der Waals surface area contributed by atoms with E-state index in [0.29, 0.717) is 6.04 Å². The molecular formula is C15H19N3. The summed E-state index contributed by atoms with van der Waals surface area (Å²) in [6.45, 7) is 4.03. The summed E-state index contributed by atoms with van der Waals surface area (Å²) in [6, 6.07) is 9.26. The van der Waals surface area contributed by atoms with Crippen molar-refractivity contribution in [2.24, 2.45) is 0 Å². The largest absolute Gasteiger partial charge is 0.334 e. The van der Waals surface area contributed by atoms with Crippen LogP contribution in [-0.4, -0.2) is 9.55 Å². The van der Waals surface area contributed by atoms with E-state index in [1.165, 1.54) is 29.7 Å². The van der Waals surface area contributed by atoms with Gasteiger partial charge in [-0.3, -0.25) is 0 Å². The fourth-order valence-electron chi connectivity index (χ4n) is 2.78. The third-order valence-electron chi connectivity index (χ3n) is 3.80. The smallest absolute Gasteiger partial charge is 0.0948 e. The predicted octanol–water partition coefficient (Wildman–Crippen LogP) is 2.68. The van der Waals surface area contributed by atoms with Crippen LogP contribution in [0.15, 0.2) is 36.8 Å². The van der Waals surface area contributed by atoms with Crippen LogP contribution in [0.1, 0.15) is 36.2 Å². The third kappa shape index (κ3) is 2.06. The van der Waals surface area contributed by atoms with Crippen LogP contribution >= 0.6 is 0 Å². The van der Waals surface area contributed by atoms with E-state index in [0.717, 1.165) is 13.1 Å². The molecular weight excluding hydrogens is 222 g/mol. The standard InChI is InChI=1S/C15H19N3/c1-2-18-11-16-9-13(18)10-17-15-8-7-12-5-3-4-6-14(12)15/h3-6,9,11,15,17H,2,7-8,10H2,1H3. The molecule has 0 saturated heterocycles. The summed E-state index contributed by atoms with van der Waals surface area (Å²) < 4.78 is 2.19. The van der Waals surface area contributed by atoms with Crippen molar-refractivity contribution in [3.8, 4) is 0 Å². The first-order chi connectivity index (χ1) is 8.88. The van der Waals surface area contributed by atoms with E-state index in [-0.39, 0.29) is 0 Å². The Hall–Kier alpha value is -1.61. The van der Waals surface area contributed by atoms with Gasteiger partial charge in [0.25, 0.3) is 0 Å². The van der Waals surface area contributed by atoms with E-state index < -0.39 is 0 Å². The zero-order valence-corrected chi connectivity index (χ0v) is 10.8. The molecule has 0 radical (unpaired) electrons. The Morgan fingerprint density at radius 1 is 1.39 bits per heavy atom. The highest BCUT2D eigenvalue weighted by Crippen LogP contribution is 2.30. The molecule has 1 aliphatic carbocycles. The Balaban J connectivity index is 1.69. The van der Waals surface area contributed by atoms with E-state index in [9.17, 15) is 0 Å². The molecule has 0 saturated carbocycles. The molecule has 3 rings (SSSR count). The fraction of sp³-hybridized carbons (Fsp3) is 0.400. The predicted molar refractivity (Wildman–Crippen MR) is 72.2 cm³/mol. The molecule has 1 aromatic carbocycles. The molecule has 0 spiro atoms. The van der Waals surface area contributed by atoms with Crippen LogP contribution in [0.3, 0.4) is 0 Å². The van der Waals surface area contributed by atoms with Gasteiger partial charge in [0.15, 0.2) is 0 Å². The summed E-state index contributed by atoms with van der Waals surface area (Å²) in [6.07, 6.45) is 6.26. The molecule has 1 aliphatic rings. The van der Waals surface area contributed by atoms with Crippen LogP contribution in [-0.2, 0) is 19.5 Å². The normalized spacial score (nSPS) is 17.9. The second-order valence-corrected chi connectivity index (χ2v) is 4.84. The lowest BCUT2D eigenvalue weighted by Crippen LogP contribution is -2.20. The molecule has 1 unspecified atom stereocenters. The van der Waals surface area contributed by atoms with E-state index >= 15 is 0 Å². The summed E-state index contributed by atoms with van der Waals surface area (Å²) in [5, 5.41) is 3.65. The van der Waals surface area contributed by atoms with Gasteiger partial charge >= 0.3 is 0 Å². The lowest BCUT2D eigenvalue weighted by atomic mass is 10.1. The minimum atomic E-state index is 0.501. The second kappa shape index (κ2) is 4.94. The maximum atomic E-state index is 4.21. The first kappa shape index (κ1) is 11.5. The van der Waals surface area contributed by atoms with Crippen molar-refractivity contribution in [2.45, 2.75) is 38.9 Å². The summed E-state index contributed by atoms with van der Waals surface area (Å²) in [5.41, 5.74) is 4.24. The number of hydrogen-bond acceptors (Lipinski definition) is 2. The number of nitrogens with one attached hydrogen (secondary N) is 1. The van der Waals surface area contributed by atoms with Crippen LogP contribution in [0, 0.1) is 0 Å². The van der Waals surface area contributed by atoms with Gasteiger partial charge in [0, 0.05) is 25.3 Å². The monoisotopic (exact) mass is 241 g/mol. The van der Waals surface area contributed by atoms with Gasteiger partial charge < -0.3 is 9.88 Å². The van der Waals surface area contributed by atoms with Gasteiger partial charge in [-0.2, -0.15) is 0 Å². The average Bonchev–Trinajstić information content (AvgIpc) is 3.02. The highest BCUT2D eigenvalue weighted by Gasteiger charge is 2.21. The Morgan fingerprint density at radius 3 is 3.17 bits per heavy atom. The van der Waals surface area contributed by atoms with Crippen LogP contribution in [0.4, 0.5) is 0 Å². The quantitative estimate of drug-likeness (QED) is 0.892. The van der Waals surface area contributed by atoms with Gasteiger partial charge in [0.2, 0.25) is 0 Å². The zero-order valence-electron chi connectivity index (χ0n) is 10.8. The molecule has 2 aromatic rings. The van der Waals surface area contributed by atoms with Crippen molar-refractivity contribution in [3.63, 3.8) is 0 Å². The van der Waals surface area contributed by atoms with Crippen LogP contribution in [0.25, 0.3) is 0 Å². The lowest BCUT2D eigenvalue weighted by molar-refractivity contribution is 0.513. The fourth-order valence-corrected chi connectivity index (χ4v) is 2.78. The van der Waals surface area contributed by atoms with Crippen molar-refractivity contribution >= 4 is 0 Å². The highest BCUT2D eigenvalue weighted by atomic mass is 15.1. The van der Waals surface area contributed by atoms with Crippen LogP contribution in [0.5, 0.6) is 0 Å². The highest BCUT2D eigenvalue weighted by molar-refractivity contribution is 5.34. The van der Waals surface area contributed by atoms with E-state index in [1.54, 1.807) is 0 Å². The topological polar surface area (TPSA) is 29.9 Å². The molecule has 1 aromatic heterocycles. The van der Waals surface area contributed by atoms with Crippen LogP contribution < -0.4 is 5.32 Å². The SMILES string of the molecule is CCn1cncc1CNC1CCc2ccccc21. The molecule has 0 bridgehead atoms. The summed E-state index contributed by atoms with van der Waals surface area (Å²) in [5.74, 6) is 0. The van der Waals surface area contributed by atoms with Crippen LogP contribution in [0.2, 0.25) is 0 Å². The number of aromatic nitrogens is 2. The molecule has 1 N–H and O–H groups in total. The van der Waals surface area contributed by atoms with Gasteiger partial charge in [-0.15, -0.1) is 0 Å². The van der Waals surface area contributed by atoms with Crippen molar-refractivity contribution in [1.82, 2.24) is 14.9 Å². The number of rotatable bonds is 4. The minimum Gasteiger partial charge on any atom is -0.334 e. The van der Waals surface area contributed by atoms with Crippen molar-refractivity contribution in [2.75, 3.05) is 0 Å². The van der Waals surface area contributed by atoms with Gasteiger partial charge in [0.1, 0.15) is 0 Å². The van der Waals surface area contributed by atoms with Gasteiger partial charge in [0.05, 0.1) is 12.0 Å². The number of aryl methyl sites for hydroxylation is 2. The molecule has 1 atom stereocenters. The molecule has 0 amide bonds. The number of benzene rings is 1. The van der Waals surface area contributed by atoms with Gasteiger partial charge in [-0.05, 0) is 30.9 Å². The van der Waals surface area contributed by atoms with Gasteiger partial charge in [-0.25, -0.2) is 4.98 Å². The molecule has 94 valence electrons. The molecule has 3 nitrogen and oxygen atoms in total. The van der Waals surface area contributed by atoms with Gasteiger partial charge in [-0.1, -0.05) is 24.3 Å². The Labute approximate surface area is 108 Å². The molecule has 1 heterocycles.